The average molecular weight is 281 g/mol. The van der Waals surface area contributed by atoms with Gasteiger partial charge in [0.15, 0.2) is 0 Å². The summed E-state index contributed by atoms with van der Waals surface area (Å²) in [5, 5.41) is 4.43. The number of nitrogens with one attached hydrogen (secondary N) is 1. The molecule has 1 heterocycles. The predicted octanol–water partition coefficient (Wildman–Crippen LogP) is 3.65. The molecule has 0 radical (unpaired) electrons. The second kappa shape index (κ2) is 5.82. The Hall–Kier alpha value is -0.570. The number of benzene rings is 1. The second-order valence-electron chi connectivity index (χ2n) is 6.66. The van der Waals surface area contributed by atoms with Crippen molar-refractivity contribution in [3.05, 3.63) is 34.3 Å². The molecule has 0 saturated heterocycles. The van der Waals surface area contributed by atoms with Crippen LogP contribution in [0.1, 0.15) is 44.7 Å². The molecule has 1 aromatic rings. The topological polar surface area (TPSA) is 15.3 Å². The Kier molecular flexibility index (Phi) is 4.54. The first-order valence-electron chi connectivity index (χ1n) is 7.11. The molecule has 2 rings (SSSR count). The Morgan fingerprint density at radius 2 is 2.11 bits per heavy atom. The molecule has 0 spiro atoms. The van der Waals surface area contributed by atoms with E-state index in [0.717, 1.165) is 31.2 Å². The van der Waals surface area contributed by atoms with E-state index in [9.17, 15) is 0 Å². The molecule has 0 saturated carbocycles. The number of rotatable bonds is 2. The van der Waals surface area contributed by atoms with Gasteiger partial charge in [-0.1, -0.05) is 24.6 Å². The van der Waals surface area contributed by atoms with Gasteiger partial charge in [-0.05, 0) is 56.4 Å². The van der Waals surface area contributed by atoms with Gasteiger partial charge < -0.3 is 0 Å². The molecule has 1 aliphatic heterocycles. The van der Waals surface area contributed by atoms with Gasteiger partial charge >= 0.3 is 0 Å². The molecule has 0 aliphatic carbocycles. The normalized spacial score (nSPS) is 21.0. The highest BCUT2D eigenvalue weighted by atomic mass is 35.5. The maximum atomic E-state index is 6.13. The highest BCUT2D eigenvalue weighted by Gasteiger charge is 2.21. The van der Waals surface area contributed by atoms with Gasteiger partial charge in [0.1, 0.15) is 0 Å². The first-order valence-corrected chi connectivity index (χ1v) is 7.49. The van der Waals surface area contributed by atoms with Crippen molar-refractivity contribution in [1.82, 2.24) is 10.2 Å². The summed E-state index contributed by atoms with van der Waals surface area (Å²) in [5.74, 6) is 0.540. The Morgan fingerprint density at radius 1 is 1.37 bits per heavy atom. The van der Waals surface area contributed by atoms with Crippen LogP contribution in [0.15, 0.2) is 18.2 Å². The highest BCUT2D eigenvalue weighted by molar-refractivity contribution is 6.30. The standard InChI is InChI=1S/C16H25ClN2/c1-12-10-19(11-18-16(2,3)4)8-7-13-5-6-14(17)9-15(12)13/h5-6,9,12,18H,7-8,10-11H2,1-4H3. The smallest absolute Gasteiger partial charge is 0.0484 e. The summed E-state index contributed by atoms with van der Waals surface area (Å²) in [4.78, 5) is 2.50. The average Bonchev–Trinajstić information content (AvgIpc) is 2.46. The van der Waals surface area contributed by atoms with E-state index in [0.29, 0.717) is 5.92 Å². The Morgan fingerprint density at radius 3 is 2.79 bits per heavy atom. The van der Waals surface area contributed by atoms with Crippen molar-refractivity contribution in [2.75, 3.05) is 19.8 Å². The summed E-state index contributed by atoms with van der Waals surface area (Å²) >= 11 is 6.13. The summed E-state index contributed by atoms with van der Waals surface area (Å²) in [6.45, 7) is 12.1. The fourth-order valence-electron chi connectivity index (χ4n) is 2.60. The molecule has 1 unspecified atom stereocenters. The second-order valence-corrected chi connectivity index (χ2v) is 7.09. The van der Waals surface area contributed by atoms with E-state index in [4.69, 9.17) is 11.6 Å². The minimum absolute atomic E-state index is 0.172. The summed E-state index contributed by atoms with van der Waals surface area (Å²) in [5.41, 5.74) is 3.05. The summed E-state index contributed by atoms with van der Waals surface area (Å²) in [6, 6.07) is 6.34. The zero-order valence-electron chi connectivity index (χ0n) is 12.5. The molecule has 3 heteroatoms. The van der Waals surface area contributed by atoms with Crippen LogP contribution in [0.2, 0.25) is 5.02 Å². The fraction of sp³-hybridized carbons (Fsp3) is 0.625. The van der Waals surface area contributed by atoms with Crippen LogP contribution in [0.5, 0.6) is 0 Å². The highest BCUT2D eigenvalue weighted by Crippen LogP contribution is 2.27. The first-order chi connectivity index (χ1) is 8.85. The molecule has 2 nitrogen and oxygen atoms in total. The summed E-state index contributed by atoms with van der Waals surface area (Å²) < 4.78 is 0. The fourth-order valence-corrected chi connectivity index (χ4v) is 2.78. The van der Waals surface area contributed by atoms with E-state index in [2.05, 4.69) is 50.0 Å². The number of hydrogen-bond acceptors (Lipinski definition) is 2. The molecule has 0 aromatic heterocycles. The van der Waals surface area contributed by atoms with Crippen LogP contribution in [0.4, 0.5) is 0 Å². The van der Waals surface area contributed by atoms with E-state index < -0.39 is 0 Å². The lowest BCUT2D eigenvalue weighted by atomic mass is 9.95. The molecular weight excluding hydrogens is 256 g/mol. The molecule has 0 amide bonds. The van der Waals surface area contributed by atoms with Crippen LogP contribution in [0.3, 0.4) is 0 Å². The summed E-state index contributed by atoms with van der Waals surface area (Å²) in [7, 11) is 0. The van der Waals surface area contributed by atoms with Gasteiger partial charge in [0.05, 0.1) is 0 Å². The maximum Gasteiger partial charge on any atom is 0.0484 e. The molecule has 1 atom stereocenters. The van der Waals surface area contributed by atoms with E-state index in [1.807, 2.05) is 6.07 Å². The van der Waals surface area contributed by atoms with Crippen molar-refractivity contribution in [1.29, 1.82) is 0 Å². The van der Waals surface area contributed by atoms with Crippen molar-refractivity contribution < 1.29 is 0 Å². The third-order valence-electron chi connectivity index (χ3n) is 3.70. The molecule has 106 valence electrons. The summed E-state index contributed by atoms with van der Waals surface area (Å²) in [6.07, 6.45) is 1.11. The lowest BCUT2D eigenvalue weighted by molar-refractivity contribution is 0.221. The quantitative estimate of drug-likeness (QED) is 0.890. The molecule has 1 aliphatic rings. The Labute approximate surface area is 122 Å². The first kappa shape index (κ1) is 14.8. The van der Waals surface area contributed by atoms with Crippen molar-refractivity contribution in [2.24, 2.45) is 0 Å². The molecule has 0 bridgehead atoms. The van der Waals surface area contributed by atoms with Gasteiger partial charge in [-0.25, -0.2) is 0 Å². The van der Waals surface area contributed by atoms with Crippen molar-refractivity contribution in [2.45, 2.75) is 45.6 Å². The van der Waals surface area contributed by atoms with Crippen molar-refractivity contribution >= 4 is 11.6 Å². The van der Waals surface area contributed by atoms with Gasteiger partial charge in [-0.2, -0.15) is 0 Å². The monoisotopic (exact) mass is 280 g/mol. The zero-order valence-corrected chi connectivity index (χ0v) is 13.2. The van der Waals surface area contributed by atoms with E-state index in [-0.39, 0.29) is 5.54 Å². The lowest BCUT2D eigenvalue weighted by Gasteiger charge is -2.28. The predicted molar refractivity (Wildman–Crippen MR) is 82.9 cm³/mol. The van der Waals surface area contributed by atoms with Gasteiger partial charge in [0.2, 0.25) is 0 Å². The Balaban J connectivity index is 2.05. The van der Waals surface area contributed by atoms with Gasteiger partial charge in [0, 0.05) is 30.3 Å². The minimum Gasteiger partial charge on any atom is -0.300 e. The SMILES string of the molecule is CC1CN(CNC(C)(C)C)CCc2ccc(Cl)cc21. The zero-order chi connectivity index (χ0) is 14.0. The van der Waals surface area contributed by atoms with Crippen LogP contribution < -0.4 is 5.32 Å². The lowest BCUT2D eigenvalue weighted by Crippen LogP contribution is -2.45. The minimum atomic E-state index is 0.172. The number of halogens is 1. The maximum absolute atomic E-state index is 6.13. The van der Waals surface area contributed by atoms with E-state index in [1.54, 1.807) is 0 Å². The Bertz CT molecular complexity index is 437. The third kappa shape index (κ3) is 4.20. The largest absolute Gasteiger partial charge is 0.300 e. The number of nitrogens with zero attached hydrogens (tertiary/aromatic N) is 1. The molecule has 1 N–H and O–H groups in total. The van der Waals surface area contributed by atoms with Crippen LogP contribution in [0.25, 0.3) is 0 Å². The van der Waals surface area contributed by atoms with Crippen LogP contribution in [-0.2, 0) is 6.42 Å². The van der Waals surface area contributed by atoms with Gasteiger partial charge in [-0.15, -0.1) is 0 Å². The molecule has 0 fully saturated rings. The van der Waals surface area contributed by atoms with E-state index >= 15 is 0 Å². The molecule has 1 aromatic carbocycles. The van der Waals surface area contributed by atoms with Crippen molar-refractivity contribution in [3.8, 4) is 0 Å². The van der Waals surface area contributed by atoms with Crippen LogP contribution >= 0.6 is 11.6 Å². The van der Waals surface area contributed by atoms with Gasteiger partial charge in [-0.3, -0.25) is 10.2 Å². The molecule has 19 heavy (non-hydrogen) atoms. The number of fused-ring (bicyclic) bond motifs is 1. The third-order valence-corrected chi connectivity index (χ3v) is 3.94. The van der Waals surface area contributed by atoms with Crippen LogP contribution in [-0.4, -0.2) is 30.2 Å². The van der Waals surface area contributed by atoms with Crippen LogP contribution in [0, 0.1) is 0 Å². The van der Waals surface area contributed by atoms with Crippen molar-refractivity contribution in [3.63, 3.8) is 0 Å². The van der Waals surface area contributed by atoms with E-state index in [1.165, 1.54) is 11.1 Å². The number of hydrogen-bond donors (Lipinski definition) is 1. The van der Waals surface area contributed by atoms with Gasteiger partial charge in [0.25, 0.3) is 0 Å². The molecular formula is C16H25ClN2.